The SMILES string of the molecule is CCc1ccc(NC(=O)Cn2nnnc2C(C)(C)C)cc1. The molecule has 2 rings (SSSR count). The first-order valence-electron chi connectivity index (χ1n) is 7.05. The first kappa shape index (κ1) is 15.2. The van der Waals surface area contributed by atoms with Gasteiger partial charge in [0, 0.05) is 11.1 Å². The quantitative estimate of drug-likeness (QED) is 0.935. The summed E-state index contributed by atoms with van der Waals surface area (Å²) < 4.78 is 1.54. The molecule has 0 radical (unpaired) electrons. The van der Waals surface area contributed by atoms with Gasteiger partial charge in [-0.05, 0) is 34.5 Å². The first-order valence-corrected chi connectivity index (χ1v) is 7.05. The van der Waals surface area contributed by atoms with Gasteiger partial charge in [-0.15, -0.1) is 5.10 Å². The lowest BCUT2D eigenvalue weighted by Gasteiger charge is -2.16. The predicted molar refractivity (Wildman–Crippen MR) is 81.0 cm³/mol. The molecular weight excluding hydrogens is 266 g/mol. The van der Waals surface area contributed by atoms with Crippen LogP contribution in [0.25, 0.3) is 0 Å². The van der Waals surface area contributed by atoms with Crippen molar-refractivity contribution in [3.63, 3.8) is 0 Å². The molecule has 0 atom stereocenters. The number of nitrogens with one attached hydrogen (secondary N) is 1. The van der Waals surface area contributed by atoms with Crippen molar-refractivity contribution < 1.29 is 4.79 Å². The molecule has 1 N–H and O–H groups in total. The van der Waals surface area contributed by atoms with E-state index < -0.39 is 0 Å². The van der Waals surface area contributed by atoms with Crippen LogP contribution in [0.4, 0.5) is 5.69 Å². The number of aryl methyl sites for hydroxylation is 1. The number of carbonyl (C=O) groups excluding carboxylic acids is 1. The number of nitrogens with zero attached hydrogens (tertiary/aromatic N) is 4. The number of rotatable bonds is 4. The van der Waals surface area contributed by atoms with Gasteiger partial charge < -0.3 is 5.32 Å². The molecule has 0 bridgehead atoms. The van der Waals surface area contributed by atoms with E-state index >= 15 is 0 Å². The van der Waals surface area contributed by atoms with Gasteiger partial charge in [0.05, 0.1) is 0 Å². The van der Waals surface area contributed by atoms with Gasteiger partial charge in [-0.2, -0.15) is 0 Å². The minimum atomic E-state index is -0.202. The Labute approximate surface area is 124 Å². The number of benzene rings is 1. The average molecular weight is 287 g/mol. The Morgan fingerprint density at radius 3 is 2.48 bits per heavy atom. The fraction of sp³-hybridized carbons (Fsp3) is 0.467. The summed E-state index contributed by atoms with van der Waals surface area (Å²) in [4.78, 5) is 12.1. The standard InChI is InChI=1S/C15H21N5O/c1-5-11-6-8-12(9-7-11)16-13(21)10-20-14(15(2,3)4)17-18-19-20/h6-9H,5,10H2,1-4H3,(H,16,21). The number of tetrazole rings is 1. The summed E-state index contributed by atoms with van der Waals surface area (Å²) in [6, 6.07) is 7.82. The topological polar surface area (TPSA) is 72.7 Å². The van der Waals surface area contributed by atoms with E-state index in [2.05, 4.69) is 27.8 Å². The smallest absolute Gasteiger partial charge is 0.246 e. The Bertz CT molecular complexity index is 610. The third-order valence-corrected chi connectivity index (χ3v) is 3.14. The lowest BCUT2D eigenvalue weighted by molar-refractivity contribution is -0.117. The minimum Gasteiger partial charge on any atom is -0.324 e. The lowest BCUT2D eigenvalue weighted by atomic mass is 9.96. The van der Waals surface area contributed by atoms with E-state index in [-0.39, 0.29) is 17.9 Å². The second-order valence-electron chi connectivity index (χ2n) is 6.01. The highest BCUT2D eigenvalue weighted by Crippen LogP contribution is 2.18. The second kappa shape index (κ2) is 6.03. The highest BCUT2D eigenvalue weighted by molar-refractivity contribution is 5.90. The van der Waals surface area contributed by atoms with Crippen molar-refractivity contribution >= 4 is 11.6 Å². The summed E-state index contributed by atoms with van der Waals surface area (Å²) in [5, 5.41) is 14.4. The van der Waals surface area contributed by atoms with Gasteiger partial charge in [-0.3, -0.25) is 4.79 Å². The normalized spacial score (nSPS) is 11.4. The second-order valence-corrected chi connectivity index (χ2v) is 6.01. The molecule has 2 aromatic rings. The number of aromatic nitrogens is 4. The van der Waals surface area contributed by atoms with Gasteiger partial charge >= 0.3 is 0 Å². The molecule has 0 aliphatic carbocycles. The van der Waals surface area contributed by atoms with Gasteiger partial charge in [-0.25, -0.2) is 4.68 Å². The molecule has 0 spiro atoms. The van der Waals surface area contributed by atoms with Gasteiger partial charge in [-0.1, -0.05) is 39.8 Å². The summed E-state index contributed by atoms with van der Waals surface area (Å²) in [5.74, 6) is 0.552. The molecule has 1 amide bonds. The third kappa shape index (κ3) is 3.87. The van der Waals surface area contributed by atoms with Crippen molar-refractivity contribution in [3.05, 3.63) is 35.7 Å². The third-order valence-electron chi connectivity index (χ3n) is 3.14. The Kier molecular flexibility index (Phi) is 4.35. The van der Waals surface area contributed by atoms with E-state index in [0.29, 0.717) is 5.82 Å². The molecule has 1 aromatic carbocycles. The zero-order valence-electron chi connectivity index (χ0n) is 12.9. The zero-order chi connectivity index (χ0) is 15.5. The van der Waals surface area contributed by atoms with Gasteiger partial charge in [0.15, 0.2) is 5.82 Å². The van der Waals surface area contributed by atoms with Gasteiger partial charge in [0.25, 0.3) is 0 Å². The van der Waals surface area contributed by atoms with Crippen molar-refractivity contribution in [2.75, 3.05) is 5.32 Å². The molecule has 6 heteroatoms. The monoisotopic (exact) mass is 287 g/mol. The minimum absolute atomic E-state index is 0.106. The van der Waals surface area contributed by atoms with E-state index in [1.165, 1.54) is 10.2 Å². The summed E-state index contributed by atoms with van der Waals surface area (Å²) in [5.41, 5.74) is 1.82. The maximum Gasteiger partial charge on any atom is 0.246 e. The van der Waals surface area contributed by atoms with Crippen molar-refractivity contribution in [1.82, 2.24) is 20.2 Å². The maximum atomic E-state index is 12.1. The van der Waals surface area contributed by atoms with Crippen LogP contribution in [0.3, 0.4) is 0 Å². The van der Waals surface area contributed by atoms with E-state index in [0.717, 1.165) is 12.1 Å². The number of hydrogen-bond donors (Lipinski definition) is 1. The van der Waals surface area contributed by atoms with Crippen LogP contribution in [-0.4, -0.2) is 26.1 Å². The average Bonchev–Trinajstić information content (AvgIpc) is 2.87. The molecule has 0 fully saturated rings. The molecule has 0 aliphatic heterocycles. The summed E-state index contributed by atoms with van der Waals surface area (Å²) >= 11 is 0. The molecule has 0 unspecified atom stereocenters. The van der Waals surface area contributed by atoms with E-state index in [9.17, 15) is 4.79 Å². The van der Waals surface area contributed by atoms with Crippen LogP contribution in [0, 0.1) is 0 Å². The lowest BCUT2D eigenvalue weighted by Crippen LogP contribution is -2.25. The Hall–Kier alpha value is -2.24. The molecule has 0 saturated carbocycles. The fourth-order valence-electron chi connectivity index (χ4n) is 2.01. The maximum absolute atomic E-state index is 12.1. The number of carbonyl (C=O) groups is 1. The van der Waals surface area contributed by atoms with E-state index in [1.54, 1.807) is 0 Å². The summed E-state index contributed by atoms with van der Waals surface area (Å²) in [6.45, 7) is 8.23. The van der Waals surface area contributed by atoms with E-state index in [4.69, 9.17) is 0 Å². The molecule has 1 heterocycles. The summed E-state index contributed by atoms with van der Waals surface area (Å²) in [6.07, 6.45) is 0.980. The van der Waals surface area contributed by atoms with Crippen LogP contribution < -0.4 is 5.32 Å². The van der Waals surface area contributed by atoms with Crippen LogP contribution in [0.1, 0.15) is 39.1 Å². The number of hydrogen-bond acceptors (Lipinski definition) is 4. The number of anilines is 1. The molecule has 21 heavy (non-hydrogen) atoms. The molecular formula is C15H21N5O. The van der Waals surface area contributed by atoms with Gasteiger partial charge in [0.1, 0.15) is 6.54 Å². The van der Waals surface area contributed by atoms with Crippen molar-refractivity contribution in [2.45, 2.75) is 46.1 Å². The highest BCUT2D eigenvalue weighted by Gasteiger charge is 2.22. The largest absolute Gasteiger partial charge is 0.324 e. The molecule has 112 valence electrons. The Balaban J connectivity index is 2.03. The highest BCUT2D eigenvalue weighted by atomic mass is 16.2. The first-order chi connectivity index (χ1) is 9.90. The van der Waals surface area contributed by atoms with Crippen molar-refractivity contribution in [2.24, 2.45) is 0 Å². The summed E-state index contributed by atoms with van der Waals surface area (Å²) in [7, 11) is 0. The number of amides is 1. The van der Waals surface area contributed by atoms with Crippen LogP contribution in [0.5, 0.6) is 0 Å². The fourth-order valence-corrected chi connectivity index (χ4v) is 2.01. The Morgan fingerprint density at radius 2 is 1.90 bits per heavy atom. The van der Waals surface area contributed by atoms with Crippen molar-refractivity contribution in [3.8, 4) is 0 Å². The van der Waals surface area contributed by atoms with Crippen molar-refractivity contribution in [1.29, 1.82) is 0 Å². The molecule has 1 aromatic heterocycles. The van der Waals surface area contributed by atoms with E-state index in [1.807, 2.05) is 45.0 Å². The predicted octanol–water partition coefficient (Wildman–Crippen LogP) is 2.17. The van der Waals surface area contributed by atoms with Crippen LogP contribution in [0.15, 0.2) is 24.3 Å². The van der Waals surface area contributed by atoms with Crippen LogP contribution >= 0.6 is 0 Å². The van der Waals surface area contributed by atoms with Crippen LogP contribution in [0.2, 0.25) is 0 Å². The van der Waals surface area contributed by atoms with Crippen LogP contribution in [-0.2, 0) is 23.2 Å². The molecule has 0 saturated heterocycles. The Morgan fingerprint density at radius 1 is 1.24 bits per heavy atom. The van der Waals surface area contributed by atoms with Gasteiger partial charge in [0.2, 0.25) is 5.91 Å². The molecule has 6 nitrogen and oxygen atoms in total. The zero-order valence-corrected chi connectivity index (χ0v) is 12.9. The molecule has 0 aliphatic rings.